The molecule has 9 rings (SSSR count). The number of carbonyl (C=O) groups is 1. The zero-order valence-electron chi connectivity index (χ0n) is 26.2. The fourth-order valence-electron chi connectivity index (χ4n) is 7.68. The number of hydrogen-bond donors (Lipinski definition) is 1. The maximum atomic E-state index is 14.3. The fraction of sp³-hybridized carbons (Fsp3) is 0.429. The van der Waals surface area contributed by atoms with E-state index in [0.717, 1.165) is 101 Å². The van der Waals surface area contributed by atoms with Gasteiger partial charge in [0.15, 0.2) is 0 Å². The van der Waals surface area contributed by atoms with Crippen molar-refractivity contribution in [1.29, 1.82) is 0 Å². The van der Waals surface area contributed by atoms with Crippen molar-refractivity contribution in [3.8, 4) is 21.9 Å². The van der Waals surface area contributed by atoms with E-state index in [1.165, 1.54) is 5.56 Å². The Morgan fingerprint density at radius 1 is 1.02 bits per heavy atom. The molecule has 0 unspecified atom stereocenters. The van der Waals surface area contributed by atoms with Gasteiger partial charge in [-0.1, -0.05) is 6.07 Å². The van der Waals surface area contributed by atoms with Crippen molar-refractivity contribution in [2.45, 2.75) is 57.5 Å². The number of carbonyl (C=O) groups excluding carboxylic acids is 1. The molecule has 0 saturated carbocycles. The van der Waals surface area contributed by atoms with Crippen LogP contribution in [0.5, 0.6) is 0 Å². The molecule has 3 aliphatic heterocycles. The second-order valence-electron chi connectivity index (χ2n) is 12.8. The number of amides is 1. The highest BCUT2D eigenvalue weighted by atomic mass is 32.1. The lowest BCUT2D eigenvalue weighted by atomic mass is 9.90. The van der Waals surface area contributed by atoms with E-state index in [4.69, 9.17) is 23.9 Å². The van der Waals surface area contributed by atoms with E-state index in [2.05, 4.69) is 32.6 Å². The van der Waals surface area contributed by atoms with E-state index >= 15 is 0 Å². The van der Waals surface area contributed by atoms with Gasteiger partial charge in [-0.2, -0.15) is 0 Å². The number of anilines is 1. The van der Waals surface area contributed by atoms with Gasteiger partial charge in [0.05, 0.1) is 52.5 Å². The van der Waals surface area contributed by atoms with E-state index in [9.17, 15) is 4.79 Å². The number of hydrogen-bond acceptors (Lipinski definition) is 11. The predicted octanol–water partition coefficient (Wildman–Crippen LogP) is 6.10. The van der Waals surface area contributed by atoms with Crippen molar-refractivity contribution in [2.75, 3.05) is 38.3 Å². The first-order valence-electron chi connectivity index (χ1n) is 16.6. The highest BCUT2D eigenvalue weighted by molar-refractivity contribution is 7.23. The van der Waals surface area contributed by atoms with Crippen LogP contribution in [0.2, 0.25) is 0 Å². The largest absolute Gasteiger partial charge is 0.421 e. The van der Waals surface area contributed by atoms with E-state index < -0.39 is 0 Å². The lowest BCUT2D eigenvalue weighted by Crippen LogP contribution is -2.38. The molecule has 1 aliphatic carbocycles. The van der Waals surface area contributed by atoms with Crippen LogP contribution in [0, 0.1) is 12.8 Å². The van der Waals surface area contributed by atoms with Crippen LogP contribution in [-0.2, 0) is 22.3 Å². The summed E-state index contributed by atoms with van der Waals surface area (Å²) in [6.07, 6.45) is 9.39. The van der Waals surface area contributed by atoms with Gasteiger partial charge in [-0.25, -0.2) is 4.98 Å². The Bertz CT molecular complexity index is 2000. The van der Waals surface area contributed by atoms with Crippen LogP contribution in [0.25, 0.3) is 32.0 Å². The van der Waals surface area contributed by atoms with Crippen molar-refractivity contribution in [3.63, 3.8) is 0 Å². The monoisotopic (exact) mass is 649 g/mol. The molecule has 2 atom stereocenters. The summed E-state index contributed by atoms with van der Waals surface area (Å²) in [6.45, 7) is 4.87. The van der Waals surface area contributed by atoms with Crippen molar-refractivity contribution in [2.24, 2.45) is 5.92 Å². The minimum Gasteiger partial charge on any atom is -0.421 e. The number of fused-ring (bicyclic) bond motifs is 5. The van der Waals surface area contributed by atoms with Crippen LogP contribution in [0.4, 0.5) is 5.82 Å². The third kappa shape index (κ3) is 5.01. The number of thiophene rings is 1. The molecule has 0 radical (unpaired) electrons. The quantitative estimate of drug-likeness (QED) is 0.221. The third-order valence-corrected chi connectivity index (χ3v) is 11.2. The molecular formula is C35H35N7O4S. The predicted molar refractivity (Wildman–Crippen MR) is 176 cm³/mol. The molecule has 5 aromatic rings. The fourth-order valence-corrected chi connectivity index (χ4v) is 8.84. The molecular weight excluding hydrogens is 614 g/mol. The summed E-state index contributed by atoms with van der Waals surface area (Å²) >= 11 is 1.64. The number of aryl methyl sites for hydroxylation is 3. The summed E-state index contributed by atoms with van der Waals surface area (Å²) in [5.74, 6) is 2.23. The van der Waals surface area contributed by atoms with Gasteiger partial charge in [0.2, 0.25) is 11.8 Å². The smallest absolute Gasteiger partial charge is 0.257 e. The zero-order chi connectivity index (χ0) is 31.5. The summed E-state index contributed by atoms with van der Waals surface area (Å²) in [5, 5.41) is 13.5. The number of nitrogens with zero attached hydrogens (tertiary/aromatic N) is 6. The van der Waals surface area contributed by atoms with Crippen LogP contribution >= 0.6 is 11.3 Å². The molecule has 8 heterocycles. The first-order chi connectivity index (χ1) is 23.1. The Morgan fingerprint density at radius 2 is 1.94 bits per heavy atom. The van der Waals surface area contributed by atoms with E-state index in [-0.39, 0.29) is 18.0 Å². The topological polar surface area (TPSA) is 128 Å². The molecule has 0 bridgehead atoms. The van der Waals surface area contributed by atoms with Gasteiger partial charge in [-0.15, -0.1) is 21.5 Å². The lowest BCUT2D eigenvalue weighted by molar-refractivity contribution is 0.00352. The average molecular weight is 650 g/mol. The molecule has 240 valence electrons. The number of aromatic nitrogens is 5. The zero-order valence-corrected chi connectivity index (χ0v) is 27.0. The van der Waals surface area contributed by atoms with Crippen molar-refractivity contribution >= 4 is 33.1 Å². The third-order valence-electron chi connectivity index (χ3n) is 10.1. The van der Waals surface area contributed by atoms with Gasteiger partial charge in [-0.3, -0.25) is 14.8 Å². The normalized spacial score (nSPS) is 20.9. The molecule has 47 heavy (non-hydrogen) atoms. The molecule has 2 saturated heterocycles. The van der Waals surface area contributed by atoms with Gasteiger partial charge in [0.25, 0.3) is 5.91 Å². The Morgan fingerprint density at radius 3 is 2.81 bits per heavy atom. The van der Waals surface area contributed by atoms with Gasteiger partial charge >= 0.3 is 0 Å². The van der Waals surface area contributed by atoms with E-state index in [0.29, 0.717) is 43.0 Å². The Hall–Kier alpha value is -4.26. The van der Waals surface area contributed by atoms with Crippen molar-refractivity contribution < 1.29 is 18.7 Å². The minimum atomic E-state index is -0.213. The second kappa shape index (κ2) is 11.8. The highest BCUT2D eigenvalue weighted by Gasteiger charge is 2.44. The van der Waals surface area contributed by atoms with Crippen LogP contribution in [0.15, 0.2) is 41.1 Å². The van der Waals surface area contributed by atoms with Crippen LogP contribution in [0.1, 0.15) is 76.7 Å². The first kappa shape index (κ1) is 28.9. The standard InChI is InChI=1S/C35H35N7O4S/c1-19-40-41-34(46-19)28-25(5-4-20-9-14-44-15-10-20)38-31-26-18-45-16-13-42(26)35(43)30(31)29(28)27-17-21-8-12-37-33(32(21)47-27)39-24-7-6-23-22(24)3-2-11-36-23/h2-3,8,11-12,17,20,24,26H,4-7,9-10,13-16,18H2,1H3,(H,37,39)/t24-,26-/m0/s1. The molecule has 1 amide bonds. The second-order valence-corrected chi connectivity index (χ2v) is 13.9. The van der Waals surface area contributed by atoms with Gasteiger partial charge in [0.1, 0.15) is 5.82 Å². The number of nitrogens with one attached hydrogen (secondary N) is 1. The number of morpholine rings is 1. The first-order valence-corrected chi connectivity index (χ1v) is 17.4. The maximum Gasteiger partial charge on any atom is 0.257 e. The van der Waals surface area contributed by atoms with Gasteiger partial charge in [0, 0.05) is 55.2 Å². The molecule has 4 aliphatic rings. The summed E-state index contributed by atoms with van der Waals surface area (Å²) < 4.78 is 18.7. The maximum absolute atomic E-state index is 14.3. The summed E-state index contributed by atoms with van der Waals surface area (Å²) in [4.78, 5) is 31.8. The van der Waals surface area contributed by atoms with Crippen LogP contribution in [-0.4, -0.2) is 68.9 Å². The molecule has 2 fully saturated rings. The van der Waals surface area contributed by atoms with Crippen molar-refractivity contribution in [1.82, 2.24) is 30.0 Å². The molecule has 0 spiro atoms. The highest BCUT2D eigenvalue weighted by Crippen LogP contribution is 2.49. The average Bonchev–Trinajstić information content (AvgIpc) is 3.90. The number of rotatable bonds is 7. The molecule has 11 nitrogen and oxygen atoms in total. The van der Waals surface area contributed by atoms with E-state index in [1.807, 2.05) is 29.4 Å². The number of pyridine rings is 3. The molecule has 0 aromatic carbocycles. The molecule has 1 N–H and O–H groups in total. The SMILES string of the molecule is Cc1nnc(-c2c(CCC3CCOCC3)nc3c(c2-c2cc4ccnc(N[C@H]5CCc6ncccc65)c4s2)C(=O)N2CCOC[C@@H]32)o1. The van der Waals surface area contributed by atoms with Gasteiger partial charge < -0.3 is 24.1 Å². The summed E-state index contributed by atoms with van der Waals surface area (Å²) in [6, 6.07) is 8.28. The Balaban J connectivity index is 1.21. The van der Waals surface area contributed by atoms with Crippen LogP contribution in [0.3, 0.4) is 0 Å². The van der Waals surface area contributed by atoms with Crippen molar-refractivity contribution in [3.05, 3.63) is 70.8 Å². The molecule has 5 aromatic heterocycles. The Labute approximate surface area is 275 Å². The summed E-state index contributed by atoms with van der Waals surface area (Å²) in [5.41, 5.74) is 6.24. The Kier molecular flexibility index (Phi) is 7.24. The van der Waals surface area contributed by atoms with Gasteiger partial charge in [-0.05, 0) is 73.6 Å². The van der Waals surface area contributed by atoms with Crippen LogP contribution < -0.4 is 5.32 Å². The molecule has 12 heteroatoms. The summed E-state index contributed by atoms with van der Waals surface area (Å²) in [7, 11) is 0. The lowest BCUT2D eigenvalue weighted by Gasteiger charge is -2.29. The van der Waals surface area contributed by atoms with E-state index in [1.54, 1.807) is 18.3 Å². The number of ether oxygens (including phenoxy) is 2. The minimum absolute atomic E-state index is 0.0201.